The average Bonchev–Trinajstić information content (AvgIpc) is 3.18. The summed E-state index contributed by atoms with van der Waals surface area (Å²) in [5.41, 5.74) is 1.85. The summed E-state index contributed by atoms with van der Waals surface area (Å²) in [6.45, 7) is 1.72. The molecule has 0 spiro atoms. The molecule has 1 N–H and O–H groups in total. The number of aromatic nitrogens is 3. The third-order valence-corrected chi connectivity index (χ3v) is 7.27. The average molecular weight is 419 g/mol. The van der Waals surface area contributed by atoms with E-state index < -0.39 is 21.8 Å². The van der Waals surface area contributed by atoms with Crippen LogP contribution in [0, 0.1) is 0 Å². The number of carbonyl (C=O) groups excluding carboxylic acids is 1. The first-order valence-corrected chi connectivity index (χ1v) is 11.4. The zero-order chi connectivity index (χ0) is 19.9. The Labute approximate surface area is 165 Å². The Bertz CT molecular complexity index is 1130. The molecule has 1 aliphatic carbocycles. The fraction of sp³-hybridized carbons (Fsp3) is 0.333. The summed E-state index contributed by atoms with van der Waals surface area (Å²) in [5, 5.41) is 6.75. The maximum absolute atomic E-state index is 12.4. The number of nitrogens with one attached hydrogen (secondary N) is 1. The molecule has 1 aliphatic rings. The summed E-state index contributed by atoms with van der Waals surface area (Å²) in [6, 6.07) is 6.17. The van der Waals surface area contributed by atoms with E-state index in [-0.39, 0.29) is 10.1 Å². The zero-order valence-corrected chi connectivity index (χ0v) is 16.9. The van der Waals surface area contributed by atoms with E-state index >= 15 is 0 Å². The van der Waals surface area contributed by atoms with E-state index in [4.69, 9.17) is 4.52 Å². The first-order chi connectivity index (χ1) is 13.3. The molecular weight excluding hydrogens is 400 g/mol. The van der Waals surface area contributed by atoms with Crippen molar-refractivity contribution in [1.29, 1.82) is 0 Å². The first-order valence-electron chi connectivity index (χ1n) is 8.72. The highest BCUT2D eigenvalue weighted by Crippen LogP contribution is 2.39. The molecular formula is C18H18N4O4S2. The molecule has 0 aromatic carbocycles. The summed E-state index contributed by atoms with van der Waals surface area (Å²) >= 11 is 0.924. The second kappa shape index (κ2) is 7.10. The van der Waals surface area contributed by atoms with Crippen molar-refractivity contribution in [2.24, 2.45) is 0 Å². The molecule has 0 saturated heterocycles. The quantitative estimate of drug-likeness (QED) is 0.654. The van der Waals surface area contributed by atoms with Gasteiger partial charge in [0.15, 0.2) is 9.84 Å². The predicted molar refractivity (Wildman–Crippen MR) is 103 cm³/mol. The van der Waals surface area contributed by atoms with Gasteiger partial charge in [0.1, 0.15) is 10.3 Å². The van der Waals surface area contributed by atoms with Gasteiger partial charge in [-0.3, -0.25) is 9.78 Å². The van der Waals surface area contributed by atoms with Gasteiger partial charge in [0.25, 0.3) is 5.91 Å². The minimum Gasteiger partial charge on any atom is -0.340 e. The number of pyridine rings is 1. The fourth-order valence-corrected chi connectivity index (χ4v) is 4.52. The van der Waals surface area contributed by atoms with Gasteiger partial charge < -0.3 is 9.84 Å². The normalized spacial score (nSPS) is 15.4. The van der Waals surface area contributed by atoms with E-state index in [1.807, 2.05) is 12.1 Å². The smallest absolute Gasteiger partial charge is 0.262 e. The highest BCUT2D eigenvalue weighted by Gasteiger charge is 2.26. The lowest BCUT2D eigenvalue weighted by Crippen LogP contribution is -2.26. The Morgan fingerprint density at radius 2 is 2.11 bits per heavy atom. The van der Waals surface area contributed by atoms with Gasteiger partial charge in [0, 0.05) is 29.6 Å². The summed E-state index contributed by atoms with van der Waals surface area (Å²) in [5.74, 6) is 0.836. The van der Waals surface area contributed by atoms with Crippen LogP contribution in [-0.2, 0) is 9.84 Å². The number of thiophene rings is 1. The molecule has 1 saturated carbocycles. The second-order valence-corrected chi connectivity index (χ2v) is 10.1. The summed E-state index contributed by atoms with van der Waals surface area (Å²) in [6.07, 6.45) is 5.15. The van der Waals surface area contributed by atoms with Gasteiger partial charge in [0.05, 0.1) is 4.88 Å². The number of sulfone groups is 1. The zero-order valence-electron chi connectivity index (χ0n) is 15.2. The van der Waals surface area contributed by atoms with Crippen LogP contribution in [0.2, 0.25) is 0 Å². The monoisotopic (exact) mass is 418 g/mol. The molecule has 1 atom stereocenters. The standard InChI is InChI=1S/C18H18N4O4S2/c1-10(20-17(23)14-5-6-15(27-14)28(2,24)25)18-21-16(22-26-18)12-7-8-19-13(9-12)11-3-4-11/h5-11H,3-4H2,1-2H3,(H,20,23). The molecule has 3 aromatic heterocycles. The van der Waals surface area contributed by atoms with E-state index in [1.54, 1.807) is 13.1 Å². The minimum atomic E-state index is -3.34. The van der Waals surface area contributed by atoms with E-state index in [2.05, 4.69) is 20.4 Å². The van der Waals surface area contributed by atoms with Crippen molar-refractivity contribution < 1.29 is 17.7 Å². The van der Waals surface area contributed by atoms with Crippen LogP contribution in [0.25, 0.3) is 11.4 Å². The van der Waals surface area contributed by atoms with Crippen molar-refractivity contribution in [1.82, 2.24) is 20.4 Å². The Morgan fingerprint density at radius 1 is 1.32 bits per heavy atom. The maximum Gasteiger partial charge on any atom is 0.262 e. The number of rotatable bonds is 6. The first kappa shape index (κ1) is 18.8. The van der Waals surface area contributed by atoms with Crippen LogP contribution < -0.4 is 5.32 Å². The molecule has 146 valence electrons. The van der Waals surface area contributed by atoms with Gasteiger partial charge >= 0.3 is 0 Å². The van der Waals surface area contributed by atoms with Crippen LogP contribution in [0.15, 0.2) is 39.2 Å². The van der Waals surface area contributed by atoms with E-state index in [0.29, 0.717) is 16.6 Å². The van der Waals surface area contributed by atoms with Crippen molar-refractivity contribution in [3.05, 3.63) is 46.9 Å². The van der Waals surface area contributed by atoms with E-state index in [0.717, 1.165) is 41.7 Å². The molecule has 1 amide bonds. The van der Waals surface area contributed by atoms with E-state index in [9.17, 15) is 13.2 Å². The summed E-state index contributed by atoms with van der Waals surface area (Å²) in [4.78, 5) is 21.4. The number of nitrogens with zero attached hydrogens (tertiary/aromatic N) is 3. The molecule has 3 aromatic rings. The highest BCUT2D eigenvalue weighted by atomic mass is 32.2. The van der Waals surface area contributed by atoms with E-state index in [1.165, 1.54) is 12.1 Å². The number of hydrogen-bond donors (Lipinski definition) is 1. The van der Waals surface area contributed by atoms with Gasteiger partial charge in [-0.15, -0.1) is 11.3 Å². The van der Waals surface area contributed by atoms with Gasteiger partial charge in [-0.05, 0) is 44.0 Å². The van der Waals surface area contributed by atoms with Crippen molar-refractivity contribution in [2.75, 3.05) is 6.26 Å². The topological polar surface area (TPSA) is 115 Å². The van der Waals surface area contributed by atoms with Crippen molar-refractivity contribution in [2.45, 2.75) is 35.9 Å². The molecule has 28 heavy (non-hydrogen) atoms. The van der Waals surface area contributed by atoms with Crippen molar-refractivity contribution in [3.8, 4) is 11.4 Å². The number of hydrogen-bond acceptors (Lipinski definition) is 8. The largest absolute Gasteiger partial charge is 0.340 e. The molecule has 0 radical (unpaired) electrons. The Balaban J connectivity index is 1.47. The van der Waals surface area contributed by atoms with Crippen LogP contribution >= 0.6 is 11.3 Å². The lowest BCUT2D eigenvalue weighted by molar-refractivity contribution is 0.0936. The Morgan fingerprint density at radius 3 is 2.79 bits per heavy atom. The van der Waals surface area contributed by atoms with Gasteiger partial charge in [0.2, 0.25) is 11.7 Å². The second-order valence-electron chi connectivity index (χ2n) is 6.79. The van der Waals surface area contributed by atoms with Crippen molar-refractivity contribution in [3.63, 3.8) is 0 Å². The van der Waals surface area contributed by atoms with Crippen molar-refractivity contribution >= 4 is 27.1 Å². The molecule has 8 nitrogen and oxygen atoms in total. The van der Waals surface area contributed by atoms with Crippen LogP contribution in [0.3, 0.4) is 0 Å². The SMILES string of the molecule is CC(NC(=O)c1ccc(S(C)(=O)=O)s1)c1nc(-c2ccnc(C3CC3)c2)no1. The molecule has 0 aliphatic heterocycles. The van der Waals surface area contributed by atoms with Gasteiger partial charge in [-0.25, -0.2) is 8.42 Å². The predicted octanol–water partition coefficient (Wildman–Crippen LogP) is 2.97. The molecule has 1 unspecified atom stereocenters. The molecule has 1 fully saturated rings. The summed E-state index contributed by atoms with van der Waals surface area (Å²) < 4.78 is 28.6. The minimum absolute atomic E-state index is 0.148. The molecule has 0 bridgehead atoms. The fourth-order valence-electron chi connectivity index (χ4n) is 2.69. The van der Waals surface area contributed by atoms with Crippen LogP contribution in [0.1, 0.15) is 53.0 Å². The third-order valence-electron chi connectivity index (χ3n) is 4.37. The number of amides is 1. The van der Waals surface area contributed by atoms with Crippen LogP contribution in [0.5, 0.6) is 0 Å². The highest BCUT2D eigenvalue weighted by molar-refractivity contribution is 7.92. The van der Waals surface area contributed by atoms with Gasteiger partial charge in [-0.2, -0.15) is 4.98 Å². The lowest BCUT2D eigenvalue weighted by atomic mass is 10.2. The molecule has 4 rings (SSSR count). The van der Waals surface area contributed by atoms with Crippen LogP contribution in [0.4, 0.5) is 0 Å². The maximum atomic E-state index is 12.4. The lowest BCUT2D eigenvalue weighted by Gasteiger charge is -2.08. The molecule has 3 heterocycles. The third kappa shape index (κ3) is 3.97. The van der Waals surface area contributed by atoms with Gasteiger partial charge in [-0.1, -0.05) is 5.16 Å². The number of carbonyl (C=O) groups is 1. The Hall–Kier alpha value is -2.59. The molecule has 10 heteroatoms. The van der Waals surface area contributed by atoms with Crippen LogP contribution in [-0.4, -0.2) is 35.7 Å². The Kier molecular flexibility index (Phi) is 4.76. The summed E-state index contributed by atoms with van der Waals surface area (Å²) in [7, 11) is -3.34.